The van der Waals surface area contributed by atoms with Gasteiger partial charge in [-0.2, -0.15) is 0 Å². The lowest BCUT2D eigenvalue weighted by Crippen LogP contribution is -2.51. The molecule has 2 aromatic rings. The van der Waals surface area contributed by atoms with Gasteiger partial charge in [-0.05, 0) is 51.3 Å². The van der Waals surface area contributed by atoms with Crippen molar-refractivity contribution in [3.63, 3.8) is 0 Å². The average molecular weight is 401 g/mol. The molecule has 0 unspecified atom stereocenters. The van der Waals surface area contributed by atoms with Crippen molar-refractivity contribution in [2.45, 2.75) is 32.8 Å². The summed E-state index contributed by atoms with van der Waals surface area (Å²) < 4.78 is 12.5. The molecule has 0 bridgehead atoms. The van der Waals surface area contributed by atoms with Gasteiger partial charge in [0.25, 0.3) is 0 Å². The van der Waals surface area contributed by atoms with Gasteiger partial charge in [-0.1, -0.05) is 0 Å². The Morgan fingerprint density at radius 2 is 2.00 bits per heavy atom. The zero-order valence-electron chi connectivity index (χ0n) is 17.2. The first-order chi connectivity index (χ1) is 13.6. The molecule has 2 aromatic heterocycles. The van der Waals surface area contributed by atoms with Gasteiger partial charge < -0.3 is 24.0 Å². The third-order valence-electron chi connectivity index (χ3n) is 4.62. The summed E-state index contributed by atoms with van der Waals surface area (Å²) in [6, 6.07) is 4.95. The Balaban J connectivity index is 1.45. The summed E-state index contributed by atoms with van der Waals surface area (Å²) in [7, 11) is 1.82. The lowest BCUT2D eigenvalue weighted by Gasteiger charge is -2.39. The molecule has 8 heteroatoms. The van der Waals surface area contributed by atoms with Crippen LogP contribution in [0.5, 0.6) is 5.75 Å². The summed E-state index contributed by atoms with van der Waals surface area (Å²) in [5, 5.41) is 9.36. The van der Waals surface area contributed by atoms with Crippen LogP contribution in [0.3, 0.4) is 0 Å². The molecule has 1 N–H and O–H groups in total. The number of ether oxygens (including phenoxy) is 2. The maximum atomic E-state index is 12.3. The third-order valence-corrected chi connectivity index (χ3v) is 4.62. The number of aryl methyl sites for hydroxylation is 1. The van der Waals surface area contributed by atoms with Crippen molar-refractivity contribution in [3.05, 3.63) is 36.2 Å². The number of amides is 1. The van der Waals surface area contributed by atoms with Crippen LogP contribution < -0.4 is 0 Å². The van der Waals surface area contributed by atoms with E-state index in [-0.39, 0.29) is 11.8 Å². The van der Waals surface area contributed by atoms with Crippen molar-refractivity contribution in [3.8, 4) is 17.1 Å². The maximum absolute atomic E-state index is 12.3. The molecule has 8 nitrogen and oxygen atoms in total. The molecule has 1 aliphatic heterocycles. The predicted octanol–water partition coefficient (Wildman–Crippen LogP) is 3.21. The van der Waals surface area contributed by atoms with Gasteiger partial charge in [0.05, 0.1) is 29.8 Å². The SMILES string of the molecule is Cn1cc(C(=O)OCCC2CN(C(=O)OC(C)(C)C)C2)cc1-c1ccc(O)cn1. The lowest BCUT2D eigenvalue weighted by molar-refractivity contribution is -0.00640. The Hall–Kier alpha value is -3.03. The van der Waals surface area contributed by atoms with E-state index in [1.165, 1.54) is 6.20 Å². The second-order valence-electron chi connectivity index (χ2n) is 8.30. The van der Waals surface area contributed by atoms with Crippen LogP contribution in [0.4, 0.5) is 4.79 Å². The van der Waals surface area contributed by atoms with Crippen LogP contribution in [-0.4, -0.2) is 56.9 Å². The largest absolute Gasteiger partial charge is 0.506 e. The number of hydrogen-bond donors (Lipinski definition) is 1. The Morgan fingerprint density at radius 3 is 2.62 bits per heavy atom. The Kier molecular flexibility index (Phi) is 5.81. The molecule has 0 saturated carbocycles. The summed E-state index contributed by atoms with van der Waals surface area (Å²) in [6.45, 7) is 7.06. The molecule has 0 spiro atoms. The number of carbonyl (C=O) groups is 2. The van der Waals surface area contributed by atoms with E-state index in [2.05, 4.69) is 4.98 Å². The van der Waals surface area contributed by atoms with Crippen molar-refractivity contribution >= 4 is 12.1 Å². The van der Waals surface area contributed by atoms with Gasteiger partial charge in [-0.3, -0.25) is 4.98 Å². The minimum atomic E-state index is -0.498. The monoisotopic (exact) mass is 401 g/mol. The molecule has 0 aromatic carbocycles. The van der Waals surface area contributed by atoms with Crippen molar-refractivity contribution in [2.75, 3.05) is 19.7 Å². The second kappa shape index (κ2) is 8.14. The highest BCUT2D eigenvalue weighted by Gasteiger charge is 2.33. The first kappa shape index (κ1) is 20.7. The summed E-state index contributed by atoms with van der Waals surface area (Å²) in [6.07, 6.45) is 3.45. The summed E-state index contributed by atoms with van der Waals surface area (Å²) >= 11 is 0. The number of carbonyl (C=O) groups excluding carboxylic acids is 2. The second-order valence-corrected chi connectivity index (χ2v) is 8.30. The van der Waals surface area contributed by atoms with Gasteiger partial charge >= 0.3 is 12.1 Å². The van der Waals surface area contributed by atoms with Gasteiger partial charge in [0.1, 0.15) is 11.4 Å². The Bertz CT molecular complexity index is 877. The van der Waals surface area contributed by atoms with E-state index in [0.29, 0.717) is 43.3 Å². The zero-order chi connectivity index (χ0) is 21.2. The van der Waals surface area contributed by atoms with Crippen LogP contribution in [0.1, 0.15) is 37.6 Å². The van der Waals surface area contributed by atoms with E-state index in [0.717, 1.165) is 5.69 Å². The Morgan fingerprint density at radius 1 is 1.28 bits per heavy atom. The summed E-state index contributed by atoms with van der Waals surface area (Å²) in [5.41, 5.74) is 1.35. The van der Waals surface area contributed by atoms with Crippen LogP contribution in [0.25, 0.3) is 11.4 Å². The molecule has 0 radical (unpaired) electrons. The number of rotatable bonds is 5. The molecule has 3 heterocycles. The highest BCUT2D eigenvalue weighted by molar-refractivity contribution is 5.90. The number of esters is 1. The fraction of sp³-hybridized carbons (Fsp3) is 0.476. The number of likely N-dealkylation sites (tertiary alicyclic amines) is 1. The number of aromatic hydroxyl groups is 1. The van der Waals surface area contributed by atoms with Crippen LogP contribution in [0.15, 0.2) is 30.6 Å². The lowest BCUT2D eigenvalue weighted by atomic mass is 9.97. The first-order valence-corrected chi connectivity index (χ1v) is 9.59. The van der Waals surface area contributed by atoms with Crippen molar-refractivity contribution < 1.29 is 24.2 Å². The maximum Gasteiger partial charge on any atom is 0.410 e. The van der Waals surface area contributed by atoms with Crippen LogP contribution in [0, 0.1) is 5.92 Å². The number of pyridine rings is 1. The molecular formula is C21H27N3O5. The molecule has 1 amide bonds. The minimum Gasteiger partial charge on any atom is -0.506 e. The molecule has 0 aliphatic carbocycles. The molecule has 156 valence electrons. The molecule has 3 rings (SSSR count). The molecule has 1 fully saturated rings. The molecule has 1 saturated heterocycles. The van der Waals surface area contributed by atoms with Crippen LogP contribution >= 0.6 is 0 Å². The van der Waals surface area contributed by atoms with E-state index >= 15 is 0 Å². The number of nitrogens with zero attached hydrogens (tertiary/aromatic N) is 3. The standard InChI is InChI=1S/C21H27N3O5/c1-21(2,3)29-20(27)24-11-14(12-24)7-8-28-19(26)15-9-18(23(4)13-15)17-6-5-16(25)10-22-17/h5-6,9-10,13-14,25H,7-8,11-12H2,1-4H3. The Labute approximate surface area is 170 Å². The van der Waals surface area contributed by atoms with E-state index in [1.54, 1.807) is 33.9 Å². The highest BCUT2D eigenvalue weighted by Crippen LogP contribution is 2.24. The normalized spacial score (nSPS) is 14.4. The van der Waals surface area contributed by atoms with Gasteiger partial charge in [0, 0.05) is 26.3 Å². The van der Waals surface area contributed by atoms with Crippen LogP contribution in [0.2, 0.25) is 0 Å². The predicted molar refractivity (Wildman–Crippen MR) is 107 cm³/mol. The van der Waals surface area contributed by atoms with Gasteiger partial charge in [-0.25, -0.2) is 9.59 Å². The molecule has 1 aliphatic rings. The summed E-state index contributed by atoms with van der Waals surface area (Å²) in [5.74, 6) is 0.000574. The van der Waals surface area contributed by atoms with Crippen LogP contribution in [-0.2, 0) is 16.5 Å². The summed E-state index contributed by atoms with van der Waals surface area (Å²) in [4.78, 5) is 30.1. The van der Waals surface area contributed by atoms with E-state index < -0.39 is 11.6 Å². The quantitative estimate of drug-likeness (QED) is 0.773. The zero-order valence-corrected chi connectivity index (χ0v) is 17.2. The third kappa shape index (κ3) is 5.28. The molecular weight excluding hydrogens is 374 g/mol. The topological polar surface area (TPSA) is 93.9 Å². The number of hydrogen-bond acceptors (Lipinski definition) is 6. The first-order valence-electron chi connectivity index (χ1n) is 9.59. The van der Waals surface area contributed by atoms with Gasteiger partial charge in [0.2, 0.25) is 0 Å². The van der Waals surface area contributed by atoms with E-state index in [4.69, 9.17) is 9.47 Å². The van der Waals surface area contributed by atoms with Gasteiger partial charge in [0.15, 0.2) is 0 Å². The number of aromatic nitrogens is 2. The molecule has 29 heavy (non-hydrogen) atoms. The van der Waals surface area contributed by atoms with Crippen molar-refractivity contribution in [1.29, 1.82) is 0 Å². The fourth-order valence-corrected chi connectivity index (χ4v) is 3.10. The van der Waals surface area contributed by atoms with Crippen molar-refractivity contribution in [1.82, 2.24) is 14.5 Å². The van der Waals surface area contributed by atoms with E-state index in [1.807, 2.05) is 27.8 Å². The molecule has 0 atom stereocenters. The minimum absolute atomic E-state index is 0.0869. The van der Waals surface area contributed by atoms with E-state index in [9.17, 15) is 14.7 Å². The highest BCUT2D eigenvalue weighted by atomic mass is 16.6. The fourth-order valence-electron chi connectivity index (χ4n) is 3.10. The smallest absolute Gasteiger partial charge is 0.410 e. The average Bonchev–Trinajstić information content (AvgIpc) is 2.97. The van der Waals surface area contributed by atoms with Gasteiger partial charge in [-0.15, -0.1) is 0 Å². The van der Waals surface area contributed by atoms with Crippen molar-refractivity contribution in [2.24, 2.45) is 13.0 Å².